The van der Waals surface area contributed by atoms with Gasteiger partial charge < -0.3 is 9.73 Å². The first-order valence-corrected chi connectivity index (χ1v) is 7.11. The Balaban J connectivity index is 1.88. The zero-order valence-electron chi connectivity index (χ0n) is 12.6. The van der Waals surface area contributed by atoms with Crippen molar-refractivity contribution in [3.63, 3.8) is 0 Å². The fraction of sp³-hybridized carbons (Fsp3) is 0.176. The molecule has 1 amide bonds. The summed E-state index contributed by atoms with van der Waals surface area (Å²) in [6, 6.07) is 7.66. The minimum atomic E-state index is -0.785. The standard InChI is InChI=1S/C17H14F2N2O2/c1-9(2)17-21-14-6-4-11(8-15(14)23-17)20-16(22)12-7-10(18)3-5-13(12)19/h3-9H,1-2H3,(H,20,22). The number of carbonyl (C=O) groups excluding carboxylic acids is 1. The molecule has 118 valence electrons. The maximum Gasteiger partial charge on any atom is 0.258 e. The molecule has 0 unspecified atom stereocenters. The lowest BCUT2D eigenvalue weighted by Gasteiger charge is -2.06. The number of nitrogens with one attached hydrogen (secondary N) is 1. The predicted octanol–water partition coefficient (Wildman–Crippen LogP) is 4.48. The van der Waals surface area contributed by atoms with E-state index in [-0.39, 0.29) is 11.5 Å². The summed E-state index contributed by atoms with van der Waals surface area (Å²) in [6.07, 6.45) is 0. The largest absolute Gasteiger partial charge is 0.440 e. The van der Waals surface area contributed by atoms with Gasteiger partial charge in [-0.2, -0.15) is 0 Å². The highest BCUT2D eigenvalue weighted by molar-refractivity contribution is 6.05. The van der Waals surface area contributed by atoms with E-state index in [0.29, 0.717) is 22.7 Å². The van der Waals surface area contributed by atoms with Crippen LogP contribution in [0, 0.1) is 11.6 Å². The van der Waals surface area contributed by atoms with Crippen molar-refractivity contribution in [1.82, 2.24) is 4.98 Å². The zero-order chi connectivity index (χ0) is 16.6. The van der Waals surface area contributed by atoms with E-state index in [1.54, 1.807) is 18.2 Å². The number of nitrogens with zero attached hydrogens (tertiary/aromatic N) is 1. The number of halogens is 2. The fourth-order valence-corrected chi connectivity index (χ4v) is 2.14. The van der Waals surface area contributed by atoms with E-state index in [0.717, 1.165) is 18.2 Å². The molecule has 2 aromatic carbocycles. The van der Waals surface area contributed by atoms with Crippen LogP contribution in [-0.4, -0.2) is 10.9 Å². The molecule has 3 aromatic rings. The summed E-state index contributed by atoms with van der Waals surface area (Å²) in [5, 5.41) is 2.52. The molecule has 0 bridgehead atoms. The molecule has 0 atom stereocenters. The van der Waals surface area contributed by atoms with Gasteiger partial charge in [0.15, 0.2) is 11.5 Å². The third-order valence-corrected chi connectivity index (χ3v) is 3.33. The van der Waals surface area contributed by atoms with Crippen molar-refractivity contribution in [3.8, 4) is 0 Å². The van der Waals surface area contributed by atoms with Gasteiger partial charge >= 0.3 is 0 Å². The Morgan fingerprint density at radius 1 is 1.17 bits per heavy atom. The van der Waals surface area contributed by atoms with Gasteiger partial charge in [-0.15, -0.1) is 0 Å². The van der Waals surface area contributed by atoms with Crippen molar-refractivity contribution in [2.45, 2.75) is 19.8 Å². The number of amides is 1. The summed E-state index contributed by atoms with van der Waals surface area (Å²) in [4.78, 5) is 16.4. The lowest BCUT2D eigenvalue weighted by molar-refractivity contribution is 0.102. The summed E-state index contributed by atoms with van der Waals surface area (Å²) >= 11 is 0. The summed E-state index contributed by atoms with van der Waals surface area (Å²) in [5.74, 6) is -1.46. The molecular weight excluding hydrogens is 302 g/mol. The molecule has 1 aromatic heterocycles. The number of benzene rings is 2. The molecule has 3 rings (SSSR count). The van der Waals surface area contributed by atoms with Crippen molar-refractivity contribution in [2.24, 2.45) is 0 Å². The van der Waals surface area contributed by atoms with Crippen LogP contribution in [0.15, 0.2) is 40.8 Å². The number of hydrogen-bond donors (Lipinski definition) is 1. The van der Waals surface area contributed by atoms with Gasteiger partial charge in [-0.1, -0.05) is 13.8 Å². The molecule has 6 heteroatoms. The van der Waals surface area contributed by atoms with Gasteiger partial charge in [0.1, 0.15) is 17.2 Å². The van der Waals surface area contributed by atoms with Crippen molar-refractivity contribution >= 4 is 22.7 Å². The zero-order valence-corrected chi connectivity index (χ0v) is 12.6. The molecule has 0 spiro atoms. The van der Waals surface area contributed by atoms with Crippen molar-refractivity contribution < 1.29 is 18.0 Å². The normalized spacial score (nSPS) is 11.2. The second-order valence-electron chi connectivity index (χ2n) is 5.47. The molecule has 0 aliphatic carbocycles. The first-order valence-electron chi connectivity index (χ1n) is 7.11. The van der Waals surface area contributed by atoms with Crippen molar-refractivity contribution in [3.05, 3.63) is 59.5 Å². The van der Waals surface area contributed by atoms with Crippen LogP contribution < -0.4 is 5.32 Å². The number of rotatable bonds is 3. The fourth-order valence-electron chi connectivity index (χ4n) is 2.14. The number of aromatic nitrogens is 1. The molecule has 0 radical (unpaired) electrons. The highest BCUT2D eigenvalue weighted by Crippen LogP contribution is 2.24. The first-order chi connectivity index (χ1) is 10.9. The van der Waals surface area contributed by atoms with E-state index < -0.39 is 17.5 Å². The molecule has 1 heterocycles. The van der Waals surface area contributed by atoms with E-state index in [2.05, 4.69) is 10.3 Å². The van der Waals surface area contributed by atoms with Gasteiger partial charge in [0.2, 0.25) is 0 Å². The van der Waals surface area contributed by atoms with Gasteiger partial charge in [-0.05, 0) is 30.3 Å². The molecule has 0 aliphatic heterocycles. The minimum absolute atomic E-state index is 0.141. The van der Waals surface area contributed by atoms with Gasteiger partial charge in [-0.25, -0.2) is 13.8 Å². The summed E-state index contributed by atoms with van der Waals surface area (Å²) in [6.45, 7) is 3.92. The number of carbonyl (C=O) groups is 1. The van der Waals surface area contributed by atoms with Crippen LogP contribution in [-0.2, 0) is 0 Å². The van der Waals surface area contributed by atoms with Gasteiger partial charge in [0.05, 0.1) is 5.56 Å². The van der Waals surface area contributed by atoms with Crippen molar-refractivity contribution in [2.75, 3.05) is 5.32 Å². The maximum absolute atomic E-state index is 13.6. The highest BCUT2D eigenvalue weighted by atomic mass is 19.1. The number of hydrogen-bond acceptors (Lipinski definition) is 3. The lowest BCUT2D eigenvalue weighted by atomic mass is 10.2. The third-order valence-electron chi connectivity index (χ3n) is 3.33. The molecular formula is C17H14F2N2O2. The van der Waals surface area contributed by atoms with Gasteiger partial charge in [-0.3, -0.25) is 4.79 Å². The second-order valence-corrected chi connectivity index (χ2v) is 5.47. The Bertz CT molecular complexity index is 887. The second kappa shape index (κ2) is 5.79. The maximum atomic E-state index is 13.6. The number of anilines is 1. The van der Waals surface area contributed by atoms with Crippen LogP contribution in [0.3, 0.4) is 0 Å². The van der Waals surface area contributed by atoms with Gasteiger partial charge in [0.25, 0.3) is 5.91 Å². The predicted molar refractivity (Wildman–Crippen MR) is 82.4 cm³/mol. The van der Waals surface area contributed by atoms with Crippen molar-refractivity contribution in [1.29, 1.82) is 0 Å². The molecule has 0 saturated heterocycles. The topological polar surface area (TPSA) is 55.1 Å². The monoisotopic (exact) mass is 316 g/mol. The summed E-state index contributed by atoms with van der Waals surface area (Å²) in [7, 11) is 0. The average Bonchev–Trinajstić information content (AvgIpc) is 2.93. The molecule has 0 saturated carbocycles. The summed E-state index contributed by atoms with van der Waals surface area (Å²) in [5.41, 5.74) is 1.25. The summed E-state index contributed by atoms with van der Waals surface area (Å²) < 4.78 is 32.4. The smallest absolute Gasteiger partial charge is 0.258 e. The number of oxazole rings is 1. The van der Waals surface area contributed by atoms with E-state index in [9.17, 15) is 13.6 Å². The molecule has 1 N–H and O–H groups in total. The number of fused-ring (bicyclic) bond motifs is 1. The van der Waals surface area contributed by atoms with Gasteiger partial charge in [0, 0.05) is 17.7 Å². The van der Waals surface area contributed by atoms with Crippen LogP contribution in [0.1, 0.15) is 36.0 Å². The molecule has 4 nitrogen and oxygen atoms in total. The van der Waals surface area contributed by atoms with E-state index >= 15 is 0 Å². The quantitative estimate of drug-likeness (QED) is 0.775. The lowest BCUT2D eigenvalue weighted by Crippen LogP contribution is -2.14. The van der Waals surface area contributed by atoms with E-state index in [4.69, 9.17) is 4.42 Å². The highest BCUT2D eigenvalue weighted by Gasteiger charge is 2.14. The molecule has 0 fully saturated rings. The molecule has 0 aliphatic rings. The SMILES string of the molecule is CC(C)c1nc2ccc(NC(=O)c3cc(F)ccc3F)cc2o1. The Labute approximate surface area is 131 Å². The van der Waals surface area contributed by atoms with Crippen LogP contribution >= 0.6 is 0 Å². The molecule has 23 heavy (non-hydrogen) atoms. The Morgan fingerprint density at radius 2 is 1.96 bits per heavy atom. The Morgan fingerprint density at radius 3 is 2.70 bits per heavy atom. The third kappa shape index (κ3) is 3.06. The Kier molecular flexibility index (Phi) is 3.82. The average molecular weight is 316 g/mol. The van der Waals surface area contributed by atoms with Crippen LogP contribution in [0.5, 0.6) is 0 Å². The Hall–Kier alpha value is -2.76. The van der Waals surface area contributed by atoms with E-state index in [1.807, 2.05) is 13.8 Å². The van der Waals surface area contributed by atoms with Crippen LogP contribution in [0.4, 0.5) is 14.5 Å². The van der Waals surface area contributed by atoms with Crippen LogP contribution in [0.25, 0.3) is 11.1 Å². The first kappa shape index (κ1) is 15.1. The minimum Gasteiger partial charge on any atom is -0.440 e. The van der Waals surface area contributed by atoms with Crippen LogP contribution in [0.2, 0.25) is 0 Å². The van der Waals surface area contributed by atoms with E-state index in [1.165, 1.54) is 0 Å².